The molecule has 0 atom stereocenters. The molecule has 0 aliphatic rings. The van der Waals surface area contributed by atoms with Gasteiger partial charge in [-0.2, -0.15) is 0 Å². The molecule has 0 radical (unpaired) electrons. The van der Waals surface area contributed by atoms with Gasteiger partial charge in [-0.3, -0.25) is 0 Å². The molecule has 0 amide bonds. The van der Waals surface area contributed by atoms with Crippen LogP contribution in [0.3, 0.4) is 0 Å². The van der Waals surface area contributed by atoms with Crippen LogP contribution >= 0.6 is 0 Å². The second-order valence-corrected chi connectivity index (χ2v) is 5.57. The van der Waals surface area contributed by atoms with E-state index in [4.69, 9.17) is 9.15 Å². The number of fused-ring (bicyclic) bond motifs is 3. The fourth-order valence-electron chi connectivity index (χ4n) is 2.45. The SMILES string of the molecule is CC(C)NCCCOc1ccc2oc3ccccc3c2c1. The van der Waals surface area contributed by atoms with Crippen LogP contribution < -0.4 is 10.1 Å². The van der Waals surface area contributed by atoms with Gasteiger partial charge in [-0.25, -0.2) is 0 Å². The molecule has 0 aliphatic carbocycles. The Bertz CT molecular complexity index is 730. The van der Waals surface area contributed by atoms with Crippen molar-refractivity contribution in [2.24, 2.45) is 0 Å². The van der Waals surface area contributed by atoms with Gasteiger partial charge in [0.05, 0.1) is 6.61 Å². The Morgan fingerprint density at radius 3 is 2.71 bits per heavy atom. The van der Waals surface area contributed by atoms with E-state index in [0.717, 1.165) is 47.3 Å². The van der Waals surface area contributed by atoms with Gasteiger partial charge in [0.1, 0.15) is 16.9 Å². The maximum absolute atomic E-state index is 5.83. The Kier molecular flexibility index (Phi) is 4.11. The highest BCUT2D eigenvalue weighted by Gasteiger charge is 2.07. The average Bonchev–Trinajstić information content (AvgIpc) is 2.84. The molecule has 3 heteroatoms. The third-order valence-corrected chi connectivity index (χ3v) is 3.49. The average molecular weight is 283 g/mol. The zero-order chi connectivity index (χ0) is 14.7. The molecule has 0 saturated heterocycles. The molecule has 1 heterocycles. The lowest BCUT2D eigenvalue weighted by atomic mass is 10.1. The molecule has 3 aromatic rings. The molecule has 1 aromatic heterocycles. The van der Waals surface area contributed by atoms with Crippen LogP contribution in [0.1, 0.15) is 20.3 Å². The second kappa shape index (κ2) is 6.19. The van der Waals surface area contributed by atoms with Crippen LogP contribution in [-0.2, 0) is 0 Å². The molecular weight excluding hydrogens is 262 g/mol. The normalized spacial score (nSPS) is 11.6. The van der Waals surface area contributed by atoms with Crippen LogP contribution in [0.4, 0.5) is 0 Å². The zero-order valence-electron chi connectivity index (χ0n) is 12.6. The highest BCUT2D eigenvalue weighted by atomic mass is 16.5. The van der Waals surface area contributed by atoms with Gasteiger partial charge in [0.15, 0.2) is 0 Å². The molecule has 110 valence electrons. The monoisotopic (exact) mass is 283 g/mol. The Morgan fingerprint density at radius 2 is 1.86 bits per heavy atom. The van der Waals surface area contributed by atoms with Crippen molar-refractivity contribution in [3.05, 3.63) is 42.5 Å². The molecule has 0 aliphatic heterocycles. The maximum Gasteiger partial charge on any atom is 0.135 e. The second-order valence-electron chi connectivity index (χ2n) is 5.57. The summed E-state index contributed by atoms with van der Waals surface area (Å²) in [6.07, 6.45) is 1.00. The smallest absolute Gasteiger partial charge is 0.135 e. The van der Waals surface area contributed by atoms with E-state index in [1.54, 1.807) is 0 Å². The van der Waals surface area contributed by atoms with Crippen LogP contribution in [0.2, 0.25) is 0 Å². The van der Waals surface area contributed by atoms with E-state index in [-0.39, 0.29) is 0 Å². The summed E-state index contributed by atoms with van der Waals surface area (Å²) in [6.45, 7) is 6.01. The first-order chi connectivity index (χ1) is 10.2. The summed E-state index contributed by atoms with van der Waals surface area (Å²) in [4.78, 5) is 0. The van der Waals surface area contributed by atoms with Gasteiger partial charge in [0, 0.05) is 16.8 Å². The van der Waals surface area contributed by atoms with Gasteiger partial charge >= 0.3 is 0 Å². The summed E-state index contributed by atoms with van der Waals surface area (Å²) in [5.74, 6) is 0.901. The van der Waals surface area contributed by atoms with Gasteiger partial charge in [-0.05, 0) is 37.2 Å². The van der Waals surface area contributed by atoms with Gasteiger partial charge in [0.25, 0.3) is 0 Å². The van der Waals surface area contributed by atoms with E-state index in [2.05, 4.69) is 31.3 Å². The van der Waals surface area contributed by atoms with Crippen LogP contribution in [-0.4, -0.2) is 19.2 Å². The summed E-state index contributed by atoms with van der Waals surface area (Å²) in [7, 11) is 0. The minimum atomic E-state index is 0.527. The minimum Gasteiger partial charge on any atom is -0.494 e. The standard InChI is InChI=1S/C18H21NO2/c1-13(2)19-10-5-11-20-14-8-9-18-16(12-14)15-6-3-4-7-17(15)21-18/h3-4,6-9,12-13,19H,5,10-11H2,1-2H3. The molecule has 0 fully saturated rings. The molecule has 3 rings (SSSR count). The molecule has 3 nitrogen and oxygen atoms in total. The van der Waals surface area contributed by atoms with Crippen molar-refractivity contribution < 1.29 is 9.15 Å². The summed E-state index contributed by atoms with van der Waals surface area (Å²) < 4.78 is 11.6. The number of nitrogens with one attached hydrogen (secondary N) is 1. The molecule has 0 saturated carbocycles. The summed E-state index contributed by atoms with van der Waals surface area (Å²) in [6, 6.07) is 14.6. The highest BCUT2D eigenvalue weighted by Crippen LogP contribution is 2.31. The van der Waals surface area contributed by atoms with Gasteiger partial charge < -0.3 is 14.5 Å². The molecule has 1 N–H and O–H groups in total. The maximum atomic E-state index is 5.83. The Hall–Kier alpha value is -2.00. The predicted molar refractivity (Wildman–Crippen MR) is 87.0 cm³/mol. The van der Waals surface area contributed by atoms with Crippen molar-refractivity contribution in [1.82, 2.24) is 5.32 Å². The largest absolute Gasteiger partial charge is 0.494 e. The van der Waals surface area contributed by atoms with E-state index in [0.29, 0.717) is 6.04 Å². The summed E-state index contributed by atoms with van der Waals surface area (Å²) >= 11 is 0. The van der Waals surface area contributed by atoms with Gasteiger partial charge in [-0.15, -0.1) is 0 Å². The van der Waals surface area contributed by atoms with E-state index >= 15 is 0 Å². The van der Waals surface area contributed by atoms with Crippen LogP contribution in [0.5, 0.6) is 5.75 Å². The Labute approximate surface area is 124 Å². The van der Waals surface area contributed by atoms with E-state index in [9.17, 15) is 0 Å². The first-order valence-corrected chi connectivity index (χ1v) is 7.51. The van der Waals surface area contributed by atoms with E-state index < -0.39 is 0 Å². The third-order valence-electron chi connectivity index (χ3n) is 3.49. The lowest BCUT2D eigenvalue weighted by Crippen LogP contribution is -2.24. The predicted octanol–water partition coefficient (Wildman–Crippen LogP) is 4.35. The lowest BCUT2D eigenvalue weighted by molar-refractivity contribution is 0.306. The van der Waals surface area contributed by atoms with Crippen LogP contribution in [0.25, 0.3) is 21.9 Å². The topological polar surface area (TPSA) is 34.4 Å². The van der Waals surface area contributed by atoms with Crippen molar-refractivity contribution in [1.29, 1.82) is 0 Å². The zero-order valence-corrected chi connectivity index (χ0v) is 12.6. The molecule has 0 unspecified atom stereocenters. The fraction of sp³-hybridized carbons (Fsp3) is 0.333. The number of hydrogen-bond donors (Lipinski definition) is 1. The Balaban J connectivity index is 1.70. The van der Waals surface area contributed by atoms with Gasteiger partial charge in [0.2, 0.25) is 0 Å². The van der Waals surface area contributed by atoms with E-state index in [1.165, 1.54) is 0 Å². The summed E-state index contributed by atoms with van der Waals surface area (Å²) in [5, 5.41) is 5.64. The van der Waals surface area contributed by atoms with Crippen LogP contribution in [0, 0.1) is 0 Å². The Morgan fingerprint density at radius 1 is 1.05 bits per heavy atom. The van der Waals surface area contributed by atoms with Crippen molar-refractivity contribution >= 4 is 21.9 Å². The number of furan rings is 1. The highest BCUT2D eigenvalue weighted by molar-refractivity contribution is 6.05. The number of hydrogen-bond acceptors (Lipinski definition) is 3. The van der Waals surface area contributed by atoms with Crippen molar-refractivity contribution in [2.75, 3.05) is 13.2 Å². The molecule has 21 heavy (non-hydrogen) atoms. The first kappa shape index (κ1) is 14.0. The van der Waals surface area contributed by atoms with E-state index in [1.807, 2.05) is 30.3 Å². The van der Waals surface area contributed by atoms with Crippen molar-refractivity contribution in [3.63, 3.8) is 0 Å². The number of rotatable bonds is 6. The summed E-state index contributed by atoms with van der Waals surface area (Å²) in [5.41, 5.74) is 1.83. The quantitative estimate of drug-likeness (QED) is 0.683. The molecule has 0 bridgehead atoms. The van der Waals surface area contributed by atoms with Gasteiger partial charge in [-0.1, -0.05) is 32.0 Å². The minimum absolute atomic E-state index is 0.527. The fourth-order valence-corrected chi connectivity index (χ4v) is 2.45. The molecule has 0 spiro atoms. The number of benzene rings is 2. The van der Waals surface area contributed by atoms with Crippen molar-refractivity contribution in [3.8, 4) is 5.75 Å². The number of para-hydroxylation sites is 1. The van der Waals surface area contributed by atoms with Crippen LogP contribution in [0.15, 0.2) is 46.9 Å². The van der Waals surface area contributed by atoms with Crippen molar-refractivity contribution in [2.45, 2.75) is 26.3 Å². The molecular formula is C18H21NO2. The lowest BCUT2D eigenvalue weighted by Gasteiger charge is -2.09. The first-order valence-electron chi connectivity index (χ1n) is 7.51. The molecule has 2 aromatic carbocycles. The number of ether oxygens (including phenoxy) is 1. The third kappa shape index (κ3) is 3.19.